The number of fused-ring (bicyclic) bond motifs is 1. The van der Waals surface area contributed by atoms with Gasteiger partial charge in [-0.15, -0.1) is 0 Å². The quantitative estimate of drug-likeness (QED) is 0.292. The topological polar surface area (TPSA) is 97.2 Å². The zero-order chi connectivity index (χ0) is 23.9. The molecule has 0 saturated carbocycles. The summed E-state index contributed by atoms with van der Waals surface area (Å²) in [5.74, 6) is -0.247. The molecule has 0 heterocycles. The van der Waals surface area contributed by atoms with Crippen LogP contribution in [0.15, 0.2) is 90.0 Å². The number of hydrogen-bond donors (Lipinski definition) is 2. The Morgan fingerprint density at radius 1 is 0.941 bits per heavy atom. The molecular weight excluding hydrogens is 432 g/mol. The highest BCUT2D eigenvalue weighted by Crippen LogP contribution is 2.26. The van der Waals surface area contributed by atoms with E-state index < -0.39 is 5.97 Å². The summed E-state index contributed by atoms with van der Waals surface area (Å²) in [5, 5.41) is 15.0. The third-order valence-electron chi connectivity index (χ3n) is 5.15. The molecule has 0 fully saturated rings. The molecule has 0 aliphatic carbocycles. The summed E-state index contributed by atoms with van der Waals surface area (Å²) in [6.07, 6.45) is 1.53. The van der Waals surface area contributed by atoms with Crippen molar-refractivity contribution in [2.75, 3.05) is 7.11 Å². The van der Waals surface area contributed by atoms with Crippen molar-refractivity contribution in [2.45, 2.75) is 6.61 Å². The molecule has 0 atom stereocenters. The Hall–Kier alpha value is -4.65. The number of nitrogens with one attached hydrogen (secondary N) is 1. The Morgan fingerprint density at radius 3 is 2.38 bits per heavy atom. The molecule has 0 aliphatic heterocycles. The minimum atomic E-state index is -0.975. The second kappa shape index (κ2) is 10.3. The van der Waals surface area contributed by atoms with Gasteiger partial charge in [0.1, 0.15) is 18.1 Å². The fraction of sp³-hybridized carbons (Fsp3) is 0.0741. The van der Waals surface area contributed by atoms with Crippen molar-refractivity contribution in [3.63, 3.8) is 0 Å². The van der Waals surface area contributed by atoms with Gasteiger partial charge in [-0.3, -0.25) is 4.79 Å². The molecule has 0 saturated heterocycles. The second-order valence-electron chi connectivity index (χ2n) is 7.46. The van der Waals surface area contributed by atoms with Gasteiger partial charge in [0.25, 0.3) is 5.91 Å². The molecule has 0 unspecified atom stereocenters. The number of hydrogen-bond acceptors (Lipinski definition) is 5. The van der Waals surface area contributed by atoms with Crippen molar-refractivity contribution in [1.29, 1.82) is 0 Å². The van der Waals surface area contributed by atoms with Crippen molar-refractivity contribution < 1.29 is 24.2 Å². The van der Waals surface area contributed by atoms with Gasteiger partial charge in [0.2, 0.25) is 0 Å². The molecule has 0 spiro atoms. The fourth-order valence-corrected chi connectivity index (χ4v) is 3.40. The van der Waals surface area contributed by atoms with Crippen LogP contribution in [0.4, 0.5) is 0 Å². The predicted octanol–water partition coefficient (Wildman–Crippen LogP) is 4.89. The van der Waals surface area contributed by atoms with E-state index in [2.05, 4.69) is 10.5 Å². The van der Waals surface area contributed by atoms with Gasteiger partial charge < -0.3 is 14.6 Å². The van der Waals surface area contributed by atoms with Crippen LogP contribution in [0.2, 0.25) is 0 Å². The van der Waals surface area contributed by atoms with Gasteiger partial charge in [-0.2, -0.15) is 5.10 Å². The number of aromatic carboxylic acids is 1. The van der Waals surface area contributed by atoms with Gasteiger partial charge in [0.05, 0.1) is 24.5 Å². The second-order valence-corrected chi connectivity index (χ2v) is 7.46. The zero-order valence-electron chi connectivity index (χ0n) is 18.4. The normalized spacial score (nSPS) is 10.9. The molecule has 0 aromatic heterocycles. The van der Waals surface area contributed by atoms with Crippen molar-refractivity contribution in [3.8, 4) is 11.5 Å². The highest BCUT2D eigenvalue weighted by atomic mass is 16.5. The molecule has 0 radical (unpaired) electrons. The van der Waals surface area contributed by atoms with E-state index in [1.54, 1.807) is 48.5 Å². The molecular formula is C27H22N2O5. The SMILES string of the molecule is COc1cc2ccccc2cc1C(=O)NN=Cc1ccc(OCc2cccc(C(=O)O)c2)cc1. The number of carboxylic acid groups (broad SMARTS) is 1. The van der Waals surface area contributed by atoms with Crippen LogP contribution in [0.3, 0.4) is 0 Å². The lowest BCUT2D eigenvalue weighted by Gasteiger charge is -2.09. The summed E-state index contributed by atoms with van der Waals surface area (Å²) < 4.78 is 11.1. The van der Waals surface area contributed by atoms with Crippen LogP contribution in [0, 0.1) is 0 Å². The Kier molecular flexibility index (Phi) is 6.84. The lowest BCUT2D eigenvalue weighted by molar-refractivity contribution is 0.0696. The first kappa shape index (κ1) is 22.5. The summed E-state index contributed by atoms with van der Waals surface area (Å²) in [4.78, 5) is 23.7. The molecule has 4 aromatic rings. The van der Waals surface area contributed by atoms with E-state index in [4.69, 9.17) is 14.6 Å². The monoisotopic (exact) mass is 454 g/mol. The zero-order valence-corrected chi connectivity index (χ0v) is 18.4. The van der Waals surface area contributed by atoms with E-state index in [0.29, 0.717) is 17.1 Å². The summed E-state index contributed by atoms with van der Waals surface area (Å²) in [5.41, 5.74) is 4.68. The maximum atomic E-state index is 12.6. The van der Waals surface area contributed by atoms with Gasteiger partial charge in [0.15, 0.2) is 0 Å². The number of methoxy groups -OCH3 is 1. The van der Waals surface area contributed by atoms with E-state index in [0.717, 1.165) is 21.9 Å². The number of carbonyl (C=O) groups excluding carboxylic acids is 1. The first-order valence-corrected chi connectivity index (χ1v) is 10.5. The van der Waals surface area contributed by atoms with E-state index >= 15 is 0 Å². The smallest absolute Gasteiger partial charge is 0.335 e. The van der Waals surface area contributed by atoms with E-state index in [1.807, 2.05) is 30.3 Å². The van der Waals surface area contributed by atoms with Gasteiger partial charge >= 0.3 is 5.97 Å². The molecule has 4 rings (SSSR count). The Labute approximate surface area is 196 Å². The summed E-state index contributed by atoms with van der Waals surface area (Å²) in [6.45, 7) is 0.248. The van der Waals surface area contributed by atoms with Crippen LogP contribution in [0.1, 0.15) is 31.8 Å². The molecule has 2 N–H and O–H groups in total. The third-order valence-corrected chi connectivity index (χ3v) is 5.15. The summed E-state index contributed by atoms with van der Waals surface area (Å²) in [6, 6.07) is 25.1. The standard InChI is InChI=1S/C27H22N2O5/c1-33-25-15-21-7-3-2-6-20(21)14-24(25)26(30)29-28-16-18-9-11-23(12-10-18)34-17-19-5-4-8-22(13-19)27(31)32/h2-16H,17H2,1H3,(H,29,30)(H,31,32). The van der Waals surface area contributed by atoms with Crippen LogP contribution in [0.25, 0.3) is 10.8 Å². The van der Waals surface area contributed by atoms with Crippen LogP contribution < -0.4 is 14.9 Å². The van der Waals surface area contributed by atoms with Crippen LogP contribution in [-0.2, 0) is 6.61 Å². The number of hydrazone groups is 1. The Morgan fingerprint density at radius 2 is 1.68 bits per heavy atom. The number of rotatable bonds is 8. The minimum Gasteiger partial charge on any atom is -0.496 e. The van der Waals surface area contributed by atoms with Gasteiger partial charge in [-0.1, -0.05) is 36.4 Å². The van der Waals surface area contributed by atoms with Crippen LogP contribution >= 0.6 is 0 Å². The number of carboxylic acids is 1. The summed E-state index contributed by atoms with van der Waals surface area (Å²) >= 11 is 0. The van der Waals surface area contributed by atoms with Gasteiger partial charge in [-0.25, -0.2) is 10.2 Å². The number of nitrogens with zero attached hydrogens (tertiary/aromatic N) is 1. The molecule has 34 heavy (non-hydrogen) atoms. The molecule has 1 amide bonds. The van der Waals surface area contributed by atoms with Crippen LogP contribution in [-0.4, -0.2) is 30.3 Å². The number of carbonyl (C=O) groups is 2. The molecule has 0 bridgehead atoms. The molecule has 7 nitrogen and oxygen atoms in total. The van der Waals surface area contributed by atoms with Crippen molar-refractivity contribution in [1.82, 2.24) is 5.43 Å². The van der Waals surface area contributed by atoms with Gasteiger partial charge in [0, 0.05) is 0 Å². The first-order valence-electron chi connectivity index (χ1n) is 10.5. The first-order chi connectivity index (χ1) is 16.5. The fourth-order valence-electron chi connectivity index (χ4n) is 3.40. The predicted molar refractivity (Wildman–Crippen MR) is 130 cm³/mol. The molecule has 7 heteroatoms. The maximum absolute atomic E-state index is 12.6. The molecule has 4 aromatic carbocycles. The highest BCUT2D eigenvalue weighted by molar-refractivity contribution is 6.02. The summed E-state index contributed by atoms with van der Waals surface area (Å²) in [7, 11) is 1.52. The maximum Gasteiger partial charge on any atom is 0.335 e. The molecule has 170 valence electrons. The number of ether oxygens (including phenoxy) is 2. The average molecular weight is 454 g/mol. The van der Waals surface area contributed by atoms with E-state index in [9.17, 15) is 9.59 Å². The van der Waals surface area contributed by atoms with Crippen molar-refractivity contribution in [2.24, 2.45) is 5.10 Å². The lowest BCUT2D eigenvalue weighted by Crippen LogP contribution is -2.18. The highest BCUT2D eigenvalue weighted by Gasteiger charge is 2.13. The number of benzene rings is 4. The van der Waals surface area contributed by atoms with Crippen molar-refractivity contribution >= 4 is 28.9 Å². The van der Waals surface area contributed by atoms with Crippen LogP contribution in [0.5, 0.6) is 11.5 Å². The number of amides is 1. The average Bonchev–Trinajstić information content (AvgIpc) is 2.87. The Bertz CT molecular complexity index is 1360. The lowest BCUT2D eigenvalue weighted by atomic mass is 10.1. The van der Waals surface area contributed by atoms with Crippen molar-refractivity contribution in [3.05, 3.63) is 107 Å². The minimum absolute atomic E-state index is 0.219. The molecule has 0 aliphatic rings. The van der Waals surface area contributed by atoms with E-state index in [-0.39, 0.29) is 18.1 Å². The largest absolute Gasteiger partial charge is 0.496 e. The third kappa shape index (κ3) is 5.39. The Balaban J connectivity index is 1.36. The van der Waals surface area contributed by atoms with Gasteiger partial charge in [-0.05, 0) is 70.4 Å². The van der Waals surface area contributed by atoms with E-state index in [1.165, 1.54) is 19.4 Å².